The van der Waals surface area contributed by atoms with Gasteiger partial charge in [0.05, 0.1) is 11.1 Å². The van der Waals surface area contributed by atoms with Gasteiger partial charge in [0.1, 0.15) is 16.5 Å². The van der Waals surface area contributed by atoms with Crippen molar-refractivity contribution >= 4 is 23.2 Å². The first-order valence-electron chi connectivity index (χ1n) is 5.48. The molecule has 1 N–H and O–H groups in total. The Bertz CT molecular complexity index is 536. The fourth-order valence-electron chi connectivity index (χ4n) is 1.50. The molecule has 18 heavy (non-hydrogen) atoms. The van der Waals surface area contributed by atoms with Gasteiger partial charge in [0.25, 0.3) is 0 Å². The van der Waals surface area contributed by atoms with Gasteiger partial charge in [-0.2, -0.15) is 0 Å². The van der Waals surface area contributed by atoms with Crippen molar-refractivity contribution < 1.29 is 9.84 Å². The van der Waals surface area contributed by atoms with Crippen LogP contribution in [0.5, 0.6) is 11.5 Å². The minimum Gasteiger partial charge on any atom is -0.456 e. The van der Waals surface area contributed by atoms with Crippen molar-refractivity contribution in [2.24, 2.45) is 0 Å². The molecule has 0 aliphatic rings. The lowest BCUT2D eigenvalue weighted by molar-refractivity contribution is 0.199. The highest BCUT2D eigenvalue weighted by molar-refractivity contribution is 6.42. The maximum atomic E-state index is 9.41. The van der Waals surface area contributed by atoms with E-state index >= 15 is 0 Å². The summed E-state index contributed by atoms with van der Waals surface area (Å²) in [6.45, 7) is 1.71. The third-order valence-electron chi connectivity index (χ3n) is 2.51. The van der Waals surface area contributed by atoms with Gasteiger partial charge in [-0.3, -0.25) is 0 Å². The number of halogens is 2. The summed E-state index contributed by atoms with van der Waals surface area (Å²) in [4.78, 5) is 0. The van der Waals surface area contributed by atoms with Gasteiger partial charge in [-0.1, -0.05) is 41.4 Å². The predicted octanol–water partition coefficient (Wildman–Crippen LogP) is 4.84. The number of hydrogen-bond acceptors (Lipinski definition) is 2. The van der Waals surface area contributed by atoms with Crippen LogP contribution in [-0.4, -0.2) is 5.11 Å². The van der Waals surface area contributed by atoms with Crippen LogP contribution in [0.2, 0.25) is 10.0 Å². The molecule has 0 bridgehead atoms. The molecule has 0 saturated carbocycles. The Morgan fingerprint density at radius 1 is 1.06 bits per heavy atom. The SMILES string of the molecule is CC(O)c1ccc(Oc2cccc(Cl)c2Cl)cc1. The van der Waals surface area contributed by atoms with Crippen LogP contribution in [0.1, 0.15) is 18.6 Å². The Hall–Kier alpha value is -1.22. The molecule has 0 heterocycles. The number of benzene rings is 2. The van der Waals surface area contributed by atoms with Crippen molar-refractivity contribution in [1.29, 1.82) is 0 Å². The summed E-state index contributed by atoms with van der Waals surface area (Å²) < 4.78 is 5.63. The van der Waals surface area contributed by atoms with Crippen LogP contribution in [0.3, 0.4) is 0 Å². The average Bonchev–Trinajstić information content (AvgIpc) is 2.36. The number of ether oxygens (including phenoxy) is 1. The van der Waals surface area contributed by atoms with Crippen LogP contribution < -0.4 is 4.74 Å². The van der Waals surface area contributed by atoms with Crippen molar-refractivity contribution in [3.63, 3.8) is 0 Å². The lowest BCUT2D eigenvalue weighted by atomic mass is 10.1. The molecule has 2 rings (SSSR count). The second-order valence-electron chi connectivity index (χ2n) is 3.90. The molecule has 0 saturated heterocycles. The van der Waals surface area contributed by atoms with E-state index in [9.17, 15) is 5.11 Å². The van der Waals surface area contributed by atoms with Gasteiger partial charge < -0.3 is 9.84 Å². The van der Waals surface area contributed by atoms with Gasteiger partial charge in [0, 0.05) is 0 Å². The van der Waals surface area contributed by atoms with E-state index in [1.54, 1.807) is 49.4 Å². The van der Waals surface area contributed by atoms with Crippen LogP contribution in [0, 0.1) is 0 Å². The van der Waals surface area contributed by atoms with Crippen LogP contribution in [0.4, 0.5) is 0 Å². The summed E-state index contributed by atoms with van der Waals surface area (Å²) >= 11 is 11.9. The Morgan fingerprint density at radius 3 is 2.33 bits per heavy atom. The molecular weight excluding hydrogens is 271 g/mol. The van der Waals surface area contributed by atoms with Crippen molar-refractivity contribution in [3.8, 4) is 11.5 Å². The van der Waals surface area contributed by atoms with Crippen molar-refractivity contribution in [2.45, 2.75) is 13.0 Å². The van der Waals surface area contributed by atoms with E-state index in [1.165, 1.54) is 0 Å². The Kier molecular flexibility index (Phi) is 4.12. The molecule has 0 spiro atoms. The molecule has 0 fully saturated rings. The monoisotopic (exact) mass is 282 g/mol. The maximum absolute atomic E-state index is 9.41. The van der Waals surface area contributed by atoms with Crippen molar-refractivity contribution in [2.75, 3.05) is 0 Å². The quantitative estimate of drug-likeness (QED) is 0.873. The fraction of sp³-hybridized carbons (Fsp3) is 0.143. The highest BCUT2D eigenvalue weighted by atomic mass is 35.5. The van der Waals surface area contributed by atoms with Gasteiger partial charge >= 0.3 is 0 Å². The largest absolute Gasteiger partial charge is 0.456 e. The summed E-state index contributed by atoms with van der Waals surface area (Å²) in [6, 6.07) is 12.4. The van der Waals surface area contributed by atoms with Crippen LogP contribution in [0.25, 0.3) is 0 Å². The van der Waals surface area contributed by atoms with Gasteiger partial charge in [0.2, 0.25) is 0 Å². The molecule has 2 nitrogen and oxygen atoms in total. The van der Waals surface area contributed by atoms with Crippen LogP contribution >= 0.6 is 23.2 Å². The molecule has 0 aromatic heterocycles. The fourth-order valence-corrected chi connectivity index (χ4v) is 1.83. The standard InChI is InChI=1S/C14H12Cl2O2/c1-9(17)10-5-7-11(8-6-10)18-13-4-2-3-12(15)14(13)16/h2-9,17H,1H3. The lowest BCUT2D eigenvalue weighted by Gasteiger charge is -2.10. The van der Waals surface area contributed by atoms with Crippen LogP contribution in [-0.2, 0) is 0 Å². The van der Waals surface area contributed by atoms with Gasteiger partial charge in [-0.15, -0.1) is 0 Å². The van der Waals surface area contributed by atoms with E-state index in [0.717, 1.165) is 5.56 Å². The van der Waals surface area contributed by atoms with Gasteiger partial charge in [-0.25, -0.2) is 0 Å². The van der Waals surface area contributed by atoms with E-state index in [2.05, 4.69) is 0 Å². The Balaban J connectivity index is 2.21. The summed E-state index contributed by atoms with van der Waals surface area (Å²) in [5.41, 5.74) is 0.833. The predicted molar refractivity (Wildman–Crippen MR) is 73.6 cm³/mol. The molecule has 0 amide bonds. The second-order valence-corrected chi connectivity index (χ2v) is 4.68. The average molecular weight is 283 g/mol. The minimum absolute atomic E-state index is 0.388. The molecule has 0 aliphatic carbocycles. The highest BCUT2D eigenvalue weighted by Crippen LogP contribution is 2.34. The molecule has 1 unspecified atom stereocenters. The van der Waals surface area contributed by atoms with E-state index in [1.807, 2.05) is 0 Å². The Morgan fingerprint density at radius 2 is 1.72 bits per heavy atom. The summed E-state index contributed by atoms with van der Waals surface area (Å²) in [5.74, 6) is 1.15. The first-order chi connectivity index (χ1) is 8.58. The normalized spacial score (nSPS) is 12.2. The van der Waals surface area contributed by atoms with E-state index < -0.39 is 6.10 Å². The summed E-state index contributed by atoms with van der Waals surface area (Å²) in [6.07, 6.45) is -0.492. The van der Waals surface area contributed by atoms with Crippen molar-refractivity contribution in [3.05, 3.63) is 58.1 Å². The molecule has 2 aromatic carbocycles. The zero-order valence-corrected chi connectivity index (χ0v) is 11.2. The van der Waals surface area contributed by atoms with Gasteiger partial charge in [-0.05, 0) is 36.8 Å². The first kappa shape index (κ1) is 13.2. The van der Waals surface area contributed by atoms with Crippen LogP contribution in [0.15, 0.2) is 42.5 Å². The number of aliphatic hydroxyl groups is 1. The molecule has 94 valence electrons. The molecule has 0 aliphatic heterocycles. The maximum Gasteiger partial charge on any atom is 0.147 e. The van der Waals surface area contributed by atoms with E-state index in [0.29, 0.717) is 21.5 Å². The third kappa shape index (κ3) is 2.96. The minimum atomic E-state index is -0.492. The summed E-state index contributed by atoms with van der Waals surface area (Å²) in [5, 5.41) is 10.2. The van der Waals surface area contributed by atoms with Gasteiger partial charge in [0.15, 0.2) is 0 Å². The first-order valence-corrected chi connectivity index (χ1v) is 6.23. The van der Waals surface area contributed by atoms with Crippen molar-refractivity contribution in [1.82, 2.24) is 0 Å². The summed E-state index contributed by atoms with van der Waals surface area (Å²) in [7, 11) is 0. The lowest BCUT2D eigenvalue weighted by Crippen LogP contribution is -1.91. The van der Waals surface area contributed by atoms with E-state index in [4.69, 9.17) is 27.9 Å². The highest BCUT2D eigenvalue weighted by Gasteiger charge is 2.07. The molecular formula is C14H12Cl2O2. The zero-order valence-electron chi connectivity index (χ0n) is 9.73. The molecule has 0 radical (unpaired) electrons. The number of hydrogen-bond donors (Lipinski definition) is 1. The molecule has 4 heteroatoms. The Labute approximate surface area is 116 Å². The molecule has 1 atom stereocenters. The number of rotatable bonds is 3. The van der Waals surface area contributed by atoms with E-state index in [-0.39, 0.29) is 0 Å². The zero-order chi connectivity index (χ0) is 13.1. The second kappa shape index (κ2) is 5.61. The smallest absolute Gasteiger partial charge is 0.147 e. The topological polar surface area (TPSA) is 29.5 Å². The third-order valence-corrected chi connectivity index (χ3v) is 3.31. The number of aliphatic hydroxyl groups excluding tert-OH is 1. The molecule has 2 aromatic rings.